The summed E-state index contributed by atoms with van der Waals surface area (Å²) in [4.78, 5) is 43.8. The second-order valence-corrected chi connectivity index (χ2v) is 21.5. The van der Waals surface area contributed by atoms with Crippen molar-refractivity contribution in [3.05, 3.63) is 82.6 Å². The van der Waals surface area contributed by atoms with Crippen LogP contribution in [0.15, 0.2) is 69.6 Å². The number of imide groups is 1. The van der Waals surface area contributed by atoms with Crippen molar-refractivity contribution in [3.8, 4) is 11.3 Å². The SMILES string of the molecule is COCCOCCOCC[N+](CCOCCOCCOC)=c1ccc2c(/C=C/C=C3\N(CCCS(=O)(=O)O)c4ccc(S(=O)(=O)O)cc4C3(C)CCCC(=O)ON3C(=O)CCC3=O)cc(C(C)(C)C)oc-2c1. The number of rotatable bonds is 30. The number of hydrogen-bond acceptors (Lipinski definition) is 16. The van der Waals surface area contributed by atoms with E-state index in [4.69, 9.17) is 37.7 Å². The predicted molar refractivity (Wildman–Crippen MR) is 266 cm³/mol. The van der Waals surface area contributed by atoms with Gasteiger partial charge < -0.3 is 42.6 Å². The summed E-state index contributed by atoms with van der Waals surface area (Å²) in [5.41, 5.74) is 1.71. The van der Waals surface area contributed by atoms with Gasteiger partial charge in [-0.2, -0.15) is 16.8 Å². The van der Waals surface area contributed by atoms with Crippen LogP contribution < -0.4 is 14.8 Å². The summed E-state index contributed by atoms with van der Waals surface area (Å²) in [6.45, 7) is 13.6. The number of allylic oxidation sites excluding steroid dienone is 3. The zero-order chi connectivity index (χ0) is 52.5. The van der Waals surface area contributed by atoms with E-state index in [0.717, 1.165) is 16.5 Å². The summed E-state index contributed by atoms with van der Waals surface area (Å²) < 4.78 is 110. The van der Waals surface area contributed by atoms with Crippen LogP contribution in [0.3, 0.4) is 0 Å². The Bertz CT molecular complexity index is 2620. The number of methoxy groups -OCH3 is 2. The maximum absolute atomic E-state index is 13.0. The van der Waals surface area contributed by atoms with E-state index >= 15 is 0 Å². The molecule has 0 saturated carbocycles. The predicted octanol–water partition coefficient (Wildman–Crippen LogP) is 4.79. The van der Waals surface area contributed by atoms with Gasteiger partial charge in [0, 0.05) is 73.9 Å². The number of anilines is 1. The van der Waals surface area contributed by atoms with Crippen molar-refractivity contribution in [2.45, 2.75) is 81.9 Å². The molecule has 0 bridgehead atoms. The van der Waals surface area contributed by atoms with Crippen LogP contribution in [0, 0.1) is 0 Å². The third kappa shape index (κ3) is 16.8. The van der Waals surface area contributed by atoms with Crippen LogP contribution in [0.2, 0.25) is 0 Å². The highest BCUT2D eigenvalue weighted by Crippen LogP contribution is 2.51. The molecule has 3 aliphatic heterocycles. The first-order valence-electron chi connectivity index (χ1n) is 23.9. The molecule has 1 fully saturated rings. The fourth-order valence-corrected chi connectivity index (χ4v) is 9.29. The number of amides is 2. The molecule has 2 amide bonds. The second-order valence-electron chi connectivity index (χ2n) is 18.5. The Morgan fingerprint density at radius 2 is 1.40 bits per heavy atom. The van der Waals surface area contributed by atoms with Gasteiger partial charge in [0.25, 0.3) is 32.1 Å². The Balaban J connectivity index is 1.53. The molecule has 1 unspecified atom stereocenters. The Morgan fingerprint density at radius 3 is 1.97 bits per heavy atom. The number of ether oxygens (including phenoxy) is 6. The van der Waals surface area contributed by atoms with Crippen molar-refractivity contribution < 1.29 is 78.0 Å². The van der Waals surface area contributed by atoms with Gasteiger partial charge in [0.05, 0.1) is 69.6 Å². The first kappa shape index (κ1) is 58.0. The number of fused-ring (bicyclic) bond motifs is 2. The van der Waals surface area contributed by atoms with Crippen LogP contribution in [-0.4, -0.2) is 154 Å². The summed E-state index contributed by atoms with van der Waals surface area (Å²) in [5, 5.41) is 1.35. The van der Waals surface area contributed by atoms with E-state index in [2.05, 4.69) is 4.58 Å². The van der Waals surface area contributed by atoms with E-state index in [1.54, 1.807) is 14.2 Å². The lowest BCUT2D eigenvalue weighted by Gasteiger charge is -2.30. The van der Waals surface area contributed by atoms with Crippen LogP contribution in [0.4, 0.5) is 5.69 Å². The van der Waals surface area contributed by atoms with Gasteiger partial charge in [-0.25, -0.2) is 9.37 Å². The number of carbonyl (C=O) groups excluding carboxylic acids is 3. The summed E-state index contributed by atoms with van der Waals surface area (Å²) in [5.74, 6) is -1.29. The zero-order valence-corrected chi connectivity index (χ0v) is 43.7. The third-order valence-corrected chi connectivity index (χ3v) is 13.7. The van der Waals surface area contributed by atoms with Gasteiger partial charge in [0.2, 0.25) is 5.36 Å². The highest BCUT2D eigenvalue weighted by Gasteiger charge is 2.44. The number of hydrogen-bond donors (Lipinski definition) is 2. The Kier molecular flexibility index (Phi) is 21.7. The lowest BCUT2D eigenvalue weighted by atomic mass is 9.77. The Hall–Kier alpha value is -4.88. The molecule has 5 rings (SSSR count). The van der Waals surface area contributed by atoms with Crippen LogP contribution in [-0.2, 0) is 78.7 Å². The molecule has 0 spiro atoms. The van der Waals surface area contributed by atoms with E-state index in [-0.39, 0.29) is 50.0 Å². The highest BCUT2D eigenvalue weighted by atomic mass is 32.2. The molecule has 2 N–H and O–H groups in total. The quantitative estimate of drug-likeness (QED) is 0.0394. The largest absolute Gasteiger partial charge is 0.460 e. The second kappa shape index (κ2) is 26.9. The van der Waals surface area contributed by atoms with Gasteiger partial charge in [0.1, 0.15) is 24.7 Å². The number of carbonyl (C=O) groups is 3. The fraction of sp³-hybridized carbons (Fsp3) is 0.560. The van der Waals surface area contributed by atoms with Crippen LogP contribution in [0.5, 0.6) is 0 Å². The van der Waals surface area contributed by atoms with E-state index in [1.165, 1.54) is 18.2 Å². The van der Waals surface area contributed by atoms with E-state index in [0.29, 0.717) is 113 Å². The molecular formula is C50H70N3O17S2+. The van der Waals surface area contributed by atoms with Gasteiger partial charge in [-0.1, -0.05) is 32.9 Å². The summed E-state index contributed by atoms with van der Waals surface area (Å²) >= 11 is 0. The average Bonchev–Trinajstić information content (AvgIpc) is 3.75. The molecule has 1 aromatic carbocycles. The fourth-order valence-electron chi connectivity index (χ4n) is 8.29. The first-order chi connectivity index (χ1) is 34.2. The maximum atomic E-state index is 13.0. The first-order valence-corrected chi connectivity index (χ1v) is 27.0. The van der Waals surface area contributed by atoms with Crippen molar-refractivity contribution in [1.29, 1.82) is 0 Å². The summed E-state index contributed by atoms with van der Waals surface area (Å²) in [6.07, 6.45) is 5.55. The van der Waals surface area contributed by atoms with E-state index in [9.17, 15) is 40.3 Å². The standard InChI is InChI=1S/C50H69N3O17S2/c1-49(2,3)45-34-37(40-15-13-38(35-43(40)69-45)51(21-23-65-29-31-67-27-25-63-5)22-24-66-30-32-68-28-26-64-6)10-7-11-44-50(4,19-8-12-48(56)70-53-46(54)17-18-47(53)55)41-36-39(72(60,61)62)14-16-42(41)52(44)20-9-33-71(57,58)59/h7,10-11,13-16,34-36H,8-9,12,17-33H2,1-6H3,(H-,57,58,59,60,61,62)/p+1. The average molecular weight is 1050 g/mol. The zero-order valence-electron chi connectivity index (χ0n) is 42.1. The summed E-state index contributed by atoms with van der Waals surface area (Å²) in [6, 6.07) is 12.0. The van der Waals surface area contributed by atoms with Crippen molar-refractivity contribution in [3.63, 3.8) is 0 Å². The minimum atomic E-state index is -4.67. The molecular weight excluding hydrogens is 979 g/mol. The molecule has 1 atom stereocenters. The lowest BCUT2D eigenvalue weighted by molar-refractivity contribution is -0.197. The van der Waals surface area contributed by atoms with Gasteiger partial charge in [-0.3, -0.25) is 18.7 Å². The minimum Gasteiger partial charge on any atom is -0.460 e. The highest BCUT2D eigenvalue weighted by molar-refractivity contribution is 7.86. The molecule has 72 heavy (non-hydrogen) atoms. The molecule has 1 saturated heterocycles. The topological polar surface area (TPSA) is 247 Å². The third-order valence-electron chi connectivity index (χ3n) is 12.1. The van der Waals surface area contributed by atoms with E-state index in [1.807, 2.05) is 75.1 Å². The molecule has 4 aliphatic rings. The number of benzene rings is 2. The smallest absolute Gasteiger partial charge is 0.333 e. The maximum Gasteiger partial charge on any atom is 0.333 e. The molecule has 3 heterocycles. The molecule has 1 aliphatic carbocycles. The van der Waals surface area contributed by atoms with Crippen molar-refractivity contribution in [2.75, 3.05) is 111 Å². The van der Waals surface area contributed by atoms with Gasteiger partial charge >= 0.3 is 5.97 Å². The molecule has 398 valence electrons. The monoisotopic (exact) mass is 1050 g/mol. The van der Waals surface area contributed by atoms with Crippen LogP contribution in [0.25, 0.3) is 17.4 Å². The Morgan fingerprint density at radius 1 is 0.806 bits per heavy atom. The van der Waals surface area contributed by atoms with Crippen molar-refractivity contribution >= 4 is 49.8 Å². The molecule has 1 aromatic rings. The van der Waals surface area contributed by atoms with Gasteiger partial charge in [-0.05, 0) is 73.7 Å². The Labute approximate surface area is 422 Å². The molecule has 0 radical (unpaired) electrons. The van der Waals surface area contributed by atoms with Crippen LogP contribution >= 0.6 is 0 Å². The minimum absolute atomic E-state index is 0.0103. The van der Waals surface area contributed by atoms with Crippen LogP contribution in [0.1, 0.15) is 83.1 Å². The lowest BCUT2D eigenvalue weighted by Crippen LogP contribution is -2.36. The van der Waals surface area contributed by atoms with Crippen molar-refractivity contribution in [1.82, 2.24) is 9.64 Å². The normalized spacial score (nSPS) is 17.0. The number of nitrogens with zero attached hydrogens (tertiary/aromatic N) is 3. The van der Waals surface area contributed by atoms with Crippen molar-refractivity contribution in [2.24, 2.45) is 0 Å². The molecule has 20 nitrogen and oxygen atoms in total. The molecule has 0 aromatic heterocycles. The molecule has 22 heteroatoms. The van der Waals surface area contributed by atoms with Gasteiger partial charge in [-0.15, -0.1) is 5.06 Å². The van der Waals surface area contributed by atoms with Gasteiger partial charge in [0.15, 0.2) is 13.1 Å². The number of hydroxylamine groups is 2. The summed E-state index contributed by atoms with van der Waals surface area (Å²) in [7, 11) is -5.78. The van der Waals surface area contributed by atoms with E-state index < -0.39 is 54.6 Å².